The van der Waals surface area contributed by atoms with Crippen molar-refractivity contribution in [3.05, 3.63) is 63.0 Å². The lowest BCUT2D eigenvalue weighted by Gasteiger charge is -2.51. The predicted octanol–water partition coefficient (Wildman–Crippen LogP) is 6.93. The number of anilines is 1. The van der Waals surface area contributed by atoms with Gasteiger partial charge >= 0.3 is 0 Å². The van der Waals surface area contributed by atoms with Gasteiger partial charge in [0.25, 0.3) is 0 Å². The van der Waals surface area contributed by atoms with E-state index in [0.29, 0.717) is 6.61 Å². The van der Waals surface area contributed by atoms with Gasteiger partial charge in [0.05, 0.1) is 18.3 Å². The van der Waals surface area contributed by atoms with E-state index in [1.807, 2.05) is 0 Å². The molecule has 3 heterocycles. The Hall–Kier alpha value is -1.92. The molecule has 0 aromatic heterocycles. The lowest BCUT2D eigenvalue weighted by Crippen LogP contribution is -2.56. The number of nitrogens with zero attached hydrogens (tertiary/aromatic N) is 3. The molecule has 0 bridgehead atoms. The van der Waals surface area contributed by atoms with E-state index in [2.05, 4.69) is 103 Å². The SMILES string of the molecule is CCN(CC)c1ccc2c(c1)OC[C@H]1[C@H]2N=C2SC(C)=C(c3ccc(Br)cc3)N2C1(C)C. The van der Waals surface area contributed by atoms with Gasteiger partial charge in [-0.05, 0) is 58.4 Å². The average Bonchev–Trinajstić information content (AvgIpc) is 3.11. The van der Waals surface area contributed by atoms with Crippen molar-refractivity contribution in [2.45, 2.75) is 46.2 Å². The fourth-order valence-electron chi connectivity index (χ4n) is 5.24. The first-order chi connectivity index (χ1) is 15.3. The van der Waals surface area contributed by atoms with Gasteiger partial charge in [0.1, 0.15) is 5.75 Å². The Balaban J connectivity index is 1.56. The first kappa shape index (κ1) is 21.9. The molecule has 5 rings (SSSR count). The molecule has 4 nitrogen and oxygen atoms in total. The number of allylic oxidation sites excluding steroid dienone is 1. The molecule has 0 aliphatic carbocycles. The number of hydrogen-bond acceptors (Lipinski definition) is 5. The second kappa shape index (κ2) is 8.14. The summed E-state index contributed by atoms with van der Waals surface area (Å²) >= 11 is 5.37. The zero-order valence-electron chi connectivity index (χ0n) is 19.4. The predicted molar refractivity (Wildman–Crippen MR) is 139 cm³/mol. The van der Waals surface area contributed by atoms with Crippen molar-refractivity contribution in [1.29, 1.82) is 0 Å². The molecule has 0 fully saturated rings. The maximum Gasteiger partial charge on any atom is 0.169 e. The standard InChI is InChI=1S/C26H30BrN3OS/c1-6-29(7-2)19-12-13-20-22(14-19)31-15-21-23(20)28-25-30(26(21,4)5)24(16(3)32-25)17-8-10-18(27)11-9-17/h8-14,21,23H,6-7,15H2,1-5H3/t21-,23-/m0/s1. The molecule has 3 aliphatic heterocycles. The number of ether oxygens (including phenoxy) is 1. The molecule has 0 saturated heterocycles. The number of benzene rings is 2. The lowest BCUT2D eigenvalue weighted by molar-refractivity contribution is 0.0745. The molecule has 3 aliphatic rings. The first-order valence-corrected chi connectivity index (χ1v) is 13.0. The summed E-state index contributed by atoms with van der Waals surface area (Å²) in [6.45, 7) is 13.9. The lowest BCUT2D eigenvalue weighted by atomic mass is 9.75. The Labute approximate surface area is 203 Å². The van der Waals surface area contributed by atoms with E-state index >= 15 is 0 Å². The summed E-state index contributed by atoms with van der Waals surface area (Å²) in [6.07, 6.45) is 0. The van der Waals surface area contributed by atoms with Crippen LogP contribution >= 0.6 is 27.7 Å². The van der Waals surface area contributed by atoms with Gasteiger partial charge in [-0.3, -0.25) is 4.99 Å². The smallest absolute Gasteiger partial charge is 0.169 e. The number of halogens is 1. The van der Waals surface area contributed by atoms with Crippen molar-refractivity contribution >= 4 is 44.2 Å². The van der Waals surface area contributed by atoms with Crippen molar-refractivity contribution in [2.24, 2.45) is 10.9 Å². The van der Waals surface area contributed by atoms with Gasteiger partial charge in [0, 0.05) is 51.2 Å². The molecule has 32 heavy (non-hydrogen) atoms. The quantitative estimate of drug-likeness (QED) is 0.444. The maximum absolute atomic E-state index is 6.39. The summed E-state index contributed by atoms with van der Waals surface area (Å²) in [5.74, 6) is 1.26. The van der Waals surface area contributed by atoms with Gasteiger partial charge in [0.2, 0.25) is 0 Å². The summed E-state index contributed by atoms with van der Waals surface area (Å²) in [5.41, 5.74) is 4.82. The van der Waals surface area contributed by atoms with Crippen LogP contribution in [0.4, 0.5) is 5.69 Å². The van der Waals surface area contributed by atoms with Crippen molar-refractivity contribution in [3.8, 4) is 5.75 Å². The van der Waals surface area contributed by atoms with Crippen LogP contribution in [0.2, 0.25) is 0 Å². The molecule has 0 unspecified atom stereocenters. The first-order valence-electron chi connectivity index (χ1n) is 11.4. The van der Waals surface area contributed by atoms with Crippen LogP contribution in [0.1, 0.15) is 51.8 Å². The van der Waals surface area contributed by atoms with Crippen LogP contribution in [0.5, 0.6) is 5.75 Å². The molecular weight excluding hydrogens is 482 g/mol. The third-order valence-corrected chi connectivity index (χ3v) is 8.59. The molecule has 2 atom stereocenters. The number of fused-ring (bicyclic) bond motifs is 4. The van der Waals surface area contributed by atoms with Gasteiger partial charge in [-0.25, -0.2) is 0 Å². The molecule has 0 N–H and O–H groups in total. The minimum absolute atomic E-state index is 0.121. The minimum Gasteiger partial charge on any atom is -0.493 e. The summed E-state index contributed by atoms with van der Waals surface area (Å²) in [5, 5.41) is 1.10. The molecular formula is C26H30BrN3OS. The van der Waals surface area contributed by atoms with Crippen LogP contribution in [0.15, 0.2) is 56.8 Å². The van der Waals surface area contributed by atoms with Crippen LogP contribution < -0.4 is 9.64 Å². The zero-order valence-corrected chi connectivity index (χ0v) is 21.8. The van der Waals surface area contributed by atoms with E-state index in [1.54, 1.807) is 11.8 Å². The monoisotopic (exact) mass is 511 g/mol. The van der Waals surface area contributed by atoms with Crippen LogP contribution in [-0.2, 0) is 0 Å². The second-order valence-corrected chi connectivity index (χ2v) is 11.3. The van der Waals surface area contributed by atoms with E-state index in [-0.39, 0.29) is 17.5 Å². The van der Waals surface area contributed by atoms with Gasteiger partial charge in [-0.1, -0.05) is 45.9 Å². The molecule has 0 spiro atoms. The van der Waals surface area contributed by atoms with Crippen LogP contribution in [0.3, 0.4) is 0 Å². The number of rotatable bonds is 4. The van der Waals surface area contributed by atoms with E-state index < -0.39 is 0 Å². The van der Waals surface area contributed by atoms with Crippen LogP contribution in [0.25, 0.3) is 5.70 Å². The number of amidine groups is 1. The summed E-state index contributed by atoms with van der Waals surface area (Å²) in [7, 11) is 0. The van der Waals surface area contributed by atoms with E-state index in [1.165, 1.54) is 27.4 Å². The molecule has 2 aromatic carbocycles. The summed E-state index contributed by atoms with van der Waals surface area (Å²) < 4.78 is 7.48. The Bertz CT molecular complexity index is 1100. The molecule has 168 valence electrons. The fourth-order valence-corrected chi connectivity index (χ4v) is 6.67. The highest BCUT2D eigenvalue weighted by atomic mass is 79.9. The Morgan fingerprint density at radius 1 is 1.16 bits per heavy atom. The molecule has 2 aromatic rings. The highest BCUT2D eigenvalue weighted by molar-refractivity contribution is 9.10. The number of hydrogen-bond donors (Lipinski definition) is 0. The van der Waals surface area contributed by atoms with Crippen molar-refractivity contribution in [3.63, 3.8) is 0 Å². The highest BCUT2D eigenvalue weighted by Crippen LogP contribution is 2.55. The molecule has 0 saturated carbocycles. The highest BCUT2D eigenvalue weighted by Gasteiger charge is 2.52. The van der Waals surface area contributed by atoms with E-state index in [9.17, 15) is 0 Å². The number of aliphatic imine (C=N–C) groups is 1. The molecule has 6 heteroatoms. The largest absolute Gasteiger partial charge is 0.493 e. The van der Waals surface area contributed by atoms with Crippen molar-refractivity contribution in [1.82, 2.24) is 4.90 Å². The Morgan fingerprint density at radius 2 is 1.88 bits per heavy atom. The third-order valence-electron chi connectivity index (χ3n) is 7.09. The second-order valence-electron chi connectivity index (χ2n) is 9.17. The van der Waals surface area contributed by atoms with Gasteiger partial charge in [-0.2, -0.15) is 0 Å². The van der Waals surface area contributed by atoms with Crippen LogP contribution in [-0.4, -0.2) is 35.3 Å². The normalized spacial score (nSPS) is 23.2. The van der Waals surface area contributed by atoms with Crippen molar-refractivity contribution in [2.75, 3.05) is 24.6 Å². The minimum atomic E-state index is -0.121. The molecule has 0 amide bonds. The third kappa shape index (κ3) is 3.38. The summed E-state index contributed by atoms with van der Waals surface area (Å²) in [6, 6.07) is 15.4. The Morgan fingerprint density at radius 3 is 2.56 bits per heavy atom. The van der Waals surface area contributed by atoms with Gasteiger partial charge in [0.15, 0.2) is 5.17 Å². The van der Waals surface area contributed by atoms with Gasteiger partial charge < -0.3 is 14.5 Å². The van der Waals surface area contributed by atoms with Crippen LogP contribution in [0, 0.1) is 5.92 Å². The average molecular weight is 513 g/mol. The fraction of sp³-hybridized carbons (Fsp3) is 0.423. The zero-order chi connectivity index (χ0) is 22.6. The molecule has 0 radical (unpaired) electrons. The Kier molecular flexibility index (Phi) is 5.57. The maximum atomic E-state index is 6.39. The van der Waals surface area contributed by atoms with E-state index in [4.69, 9.17) is 9.73 Å². The summed E-state index contributed by atoms with van der Waals surface area (Å²) in [4.78, 5) is 11.4. The van der Waals surface area contributed by atoms with Crippen molar-refractivity contribution < 1.29 is 4.74 Å². The van der Waals surface area contributed by atoms with E-state index in [0.717, 1.165) is 28.5 Å². The topological polar surface area (TPSA) is 28.1 Å². The number of thioether (sulfide) groups is 1. The van der Waals surface area contributed by atoms with Gasteiger partial charge in [-0.15, -0.1) is 0 Å².